The number of fused-ring (bicyclic) bond motifs is 1. The van der Waals surface area contributed by atoms with Crippen molar-refractivity contribution in [3.63, 3.8) is 0 Å². The van der Waals surface area contributed by atoms with Gasteiger partial charge in [0.15, 0.2) is 0 Å². The summed E-state index contributed by atoms with van der Waals surface area (Å²) in [7, 11) is 0. The highest BCUT2D eigenvalue weighted by atomic mass is 16.1. The Morgan fingerprint density at radius 3 is 2.57 bits per heavy atom. The van der Waals surface area contributed by atoms with Gasteiger partial charge in [0.05, 0.1) is 5.54 Å². The van der Waals surface area contributed by atoms with Crippen molar-refractivity contribution in [1.82, 2.24) is 0 Å². The first-order chi connectivity index (χ1) is 13.4. The molecule has 0 saturated carbocycles. The summed E-state index contributed by atoms with van der Waals surface area (Å²) in [5, 5.41) is 12.2. The number of nitriles is 1. The number of carbonyl (C=O) groups is 1. The number of allylic oxidation sites excluding steroid dienone is 1. The van der Waals surface area contributed by atoms with Gasteiger partial charge >= 0.3 is 0 Å². The van der Waals surface area contributed by atoms with E-state index in [1.54, 1.807) is 18.2 Å². The molecule has 2 aromatic rings. The van der Waals surface area contributed by atoms with Gasteiger partial charge in [-0.25, -0.2) is 0 Å². The summed E-state index contributed by atoms with van der Waals surface area (Å²) in [6.45, 7) is 9.57. The van der Waals surface area contributed by atoms with Gasteiger partial charge < -0.3 is 10.2 Å². The van der Waals surface area contributed by atoms with Gasteiger partial charge in [-0.3, -0.25) is 4.79 Å². The number of likely N-dealkylation sites (N-methyl/N-ethyl adjacent to an activating group) is 1. The maximum Gasteiger partial charge on any atom is 0.266 e. The van der Waals surface area contributed by atoms with Crippen LogP contribution in [-0.4, -0.2) is 18.0 Å². The smallest absolute Gasteiger partial charge is 0.266 e. The molecule has 0 saturated heterocycles. The molecule has 4 nitrogen and oxygen atoms in total. The van der Waals surface area contributed by atoms with Crippen LogP contribution in [0.4, 0.5) is 11.4 Å². The quantitative estimate of drug-likeness (QED) is 0.589. The van der Waals surface area contributed by atoms with Crippen LogP contribution >= 0.6 is 0 Å². The summed E-state index contributed by atoms with van der Waals surface area (Å²) in [5.74, 6) is -0.407. The number of rotatable bonds is 4. The first-order valence-electron chi connectivity index (χ1n) is 9.45. The lowest BCUT2D eigenvalue weighted by molar-refractivity contribution is -0.112. The van der Waals surface area contributed by atoms with Gasteiger partial charge in [-0.05, 0) is 69.2 Å². The number of hydrogen-bond donors (Lipinski definition) is 1. The first kappa shape index (κ1) is 19.4. The van der Waals surface area contributed by atoms with E-state index in [1.165, 1.54) is 11.3 Å². The lowest BCUT2D eigenvalue weighted by Gasteiger charge is -2.42. The number of carbonyl (C=O) groups excluding carboxylic acids is 1. The molecule has 2 aromatic carbocycles. The Labute approximate surface area is 166 Å². The Bertz CT molecular complexity index is 994. The van der Waals surface area contributed by atoms with E-state index in [2.05, 4.69) is 50.1 Å². The van der Waals surface area contributed by atoms with Crippen molar-refractivity contribution in [2.24, 2.45) is 0 Å². The Kier molecular flexibility index (Phi) is 5.37. The molecule has 0 spiro atoms. The molecule has 1 aliphatic heterocycles. The van der Waals surface area contributed by atoms with Gasteiger partial charge in [0.1, 0.15) is 11.6 Å². The number of amides is 1. The predicted molar refractivity (Wildman–Crippen MR) is 116 cm³/mol. The molecule has 0 unspecified atom stereocenters. The third-order valence-corrected chi connectivity index (χ3v) is 5.03. The Morgan fingerprint density at radius 2 is 1.93 bits per heavy atom. The number of benzene rings is 2. The third-order valence-electron chi connectivity index (χ3n) is 5.03. The SMILES string of the molecule is CCN1c2ccc(/C=C(\C#N)C(=O)Nc3ccccc3)cc2C(C)=CC1(C)C. The summed E-state index contributed by atoms with van der Waals surface area (Å²) >= 11 is 0. The van der Waals surface area contributed by atoms with E-state index in [-0.39, 0.29) is 11.1 Å². The van der Waals surface area contributed by atoms with E-state index in [0.717, 1.165) is 17.7 Å². The second-order valence-corrected chi connectivity index (χ2v) is 7.49. The van der Waals surface area contributed by atoms with Crippen molar-refractivity contribution in [1.29, 1.82) is 5.26 Å². The van der Waals surface area contributed by atoms with Gasteiger partial charge in [-0.2, -0.15) is 5.26 Å². The van der Waals surface area contributed by atoms with Gasteiger partial charge in [-0.15, -0.1) is 0 Å². The van der Waals surface area contributed by atoms with E-state index in [9.17, 15) is 10.1 Å². The van der Waals surface area contributed by atoms with Crippen LogP contribution in [0.15, 0.2) is 60.2 Å². The van der Waals surface area contributed by atoms with Crippen molar-refractivity contribution in [2.75, 3.05) is 16.8 Å². The second-order valence-electron chi connectivity index (χ2n) is 7.49. The van der Waals surface area contributed by atoms with E-state index in [0.29, 0.717) is 5.69 Å². The Balaban J connectivity index is 1.93. The summed E-state index contributed by atoms with van der Waals surface area (Å²) in [6.07, 6.45) is 3.90. The Morgan fingerprint density at radius 1 is 1.21 bits per heavy atom. The summed E-state index contributed by atoms with van der Waals surface area (Å²) in [6, 6.07) is 17.2. The third kappa shape index (κ3) is 3.84. The summed E-state index contributed by atoms with van der Waals surface area (Å²) < 4.78 is 0. The first-order valence-corrected chi connectivity index (χ1v) is 9.45. The lowest BCUT2D eigenvalue weighted by atomic mass is 9.88. The molecule has 3 rings (SSSR count). The molecule has 0 atom stereocenters. The molecule has 0 fully saturated rings. The zero-order valence-corrected chi connectivity index (χ0v) is 16.8. The van der Waals surface area contributed by atoms with Crippen molar-refractivity contribution in [3.8, 4) is 6.07 Å². The van der Waals surface area contributed by atoms with Gasteiger partial charge in [0.2, 0.25) is 0 Å². The van der Waals surface area contributed by atoms with Crippen LogP contribution in [0.2, 0.25) is 0 Å². The number of anilines is 2. The number of nitrogens with one attached hydrogen (secondary N) is 1. The fourth-order valence-electron chi connectivity index (χ4n) is 3.80. The molecule has 1 heterocycles. The number of para-hydroxylation sites is 1. The minimum atomic E-state index is -0.407. The van der Waals surface area contributed by atoms with Crippen molar-refractivity contribution in [2.45, 2.75) is 33.2 Å². The van der Waals surface area contributed by atoms with Crippen LogP contribution in [0.25, 0.3) is 11.6 Å². The average Bonchev–Trinajstić information content (AvgIpc) is 2.66. The maximum atomic E-state index is 12.5. The molecule has 1 aliphatic rings. The monoisotopic (exact) mass is 371 g/mol. The highest BCUT2D eigenvalue weighted by Crippen LogP contribution is 2.39. The zero-order chi connectivity index (χ0) is 20.3. The highest BCUT2D eigenvalue weighted by molar-refractivity contribution is 6.09. The van der Waals surface area contributed by atoms with Crippen molar-refractivity contribution >= 4 is 28.9 Å². The standard InChI is InChI=1S/C24H25N3O/c1-5-27-22-12-11-18(14-21(22)17(2)15-24(27,3)4)13-19(16-25)23(28)26-20-9-7-6-8-10-20/h6-15H,5H2,1-4H3,(H,26,28)/b19-13+. The molecular weight excluding hydrogens is 346 g/mol. The van der Waals surface area contributed by atoms with Crippen LogP contribution < -0.4 is 10.2 Å². The molecule has 0 aromatic heterocycles. The average molecular weight is 371 g/mol. The number of nitrogens with zero attached hydrogens (tertiary/aromatic N) is 2. The van der Waals surface area contributed by atoms with E-state index in [4.69, 9.17) is 0 Å². The van der Waals surface area contributed by atoms with Gasteiger partial charge in [0, 0.05) is 23.5 Å². The van der Waals surface area contributed by atoms with Crippen LogP contribution in [-0.2, 0) is 4.79 Å². The molecule has 1 amide bonds. The summed E-state index contributed by atoms with van der Waals surface area (Å²) in [5.41, 5.74) is 5.05. The van der Waals surface area contributed by atoms with Crippen LogP contribution in [0.1, 0.15) is 38.8 Å². The fourth-order valence-corrected chi connectivity index (χ4v) is 3.80. The molecule has 28 heavy (non-hydrogen) atoms. The number of hydrogen-bond acceptors (Lipinski definition) is 3. The van der Waals surface area contributed by atoms with Crippen LogP contribution in [0.3, 0.4) is 0 Å². The van der Waals surface area contributed by atoms with Gasteiger partial charge in [0.25, 0.3) is 5.91 Å². The molecular formula is C24H25N3O. The molecule has 0 bridgehead atoms. The normalized spacial score (nSPS) is 15.3. The minimum absolute atomic E-state index is 0.0451. The van der Waals surface area contributed by atoms with Gasteiger partial charge in [-0.1, -0.05) is 30.3 Å². The highest BCUT2D eigenvalue weighted by Gasteiger charge is 2.30. The second kappa shape index (κ2) is 7.74. The molecule has 0 aliphatic carbocycles. The van der Waals surface area contributed by atoms with Crippen molar-refractivity contribution < 1.29 is 4.79 Å². The molecule has 0 radical (unpaired) electrons. The zero-order valence-electron chi connectivity index (χ0n) is 16.8. The molecule has 142 valence electrons. The lowest BCUT2D eigenvalue weighted by Crippen LogP contribution is -2.44. The van der Waals surface area contributed by atoms with Crippen LogP contribution in [0, 0.1) is 11.3 Å². The summed E-state index contributed by atoms with van der Waals surface area (Å²) in [4.78, 5) is 14.8. The molecule has 1 N–H and O–H groups in total. The molecule has 4 heteroatoms. The minimum Gasteiger partial charge on any atom is -0.363 e. The largest absolute Gasteiger partial charge is 0.363 e. The predicted octanol–water partition coefficient (Wildman–Crippen LogP) is 5.25. The van der Waals surface area contributed by atoms with Crippen molar-refractivity contribution in [3.05, 3.63) is 71.3 Å². The van der Waals surface area contributed by atoms with E-state index in [1.807, 2.05) is 36.4 Å². The fraction of sp³-hybridized carbons (Fsp3) is 0.250. The van der Waals surface area contributed by atoms with E-state index < -0.39 is 5.91 Å². The Hall–Kier alpha value is -3.32. The topological polar surface area (TPSA) is 56.1 Å². The van der Waals surface area contributed by atoms with E-state index >= 15 is 0 Å². The van der Waals surface area contributed by atoms with Crippen LogP contribution in [0.5, 0.6) is 0 Å². The maximum absolute atomic E-state index is 12.5.